The maximum Gasteiger partial charge on any atom is 0.259 e. The molecule has 0 spiro atoms. The number of nitrogens with zero attached hydrogens (tertiary/aromatic N) is 1. The minimum atomic E-state index is -0.857. The van der Waals surface area contributed by atoms with E-state index in [9.17, 15) is 14.9 Å². The van der Waals surface area contributed by atoms with Gasteiger partial charge in [0.05, 0.1) is 11.6 Å². The van der Waals surface area contributed by atoms with E-state index < -0.39 is 17.4 Å². The summed E-state index contributed by atoms with van der Waals surface area (Å²) in [6.45, 7) is 1.44. The van der Waals surface area contributed by atoms with E-state index in [0.29, 0.717) is 0 Å². The molecule has 0 unspecified atom stereocenters. The number of amides is 2. The topological polar surface area (TPSA) is 105 Å². The SMILES string of the molecule is C[C@@](C#N)(NC(=O)COc1ccccc1C(N)=O)C1CC1. The average Bonchev–Trinajstić information content (AvgIpc) is 3.30. The predicted octanol–water partition coefficient (Wildman–Crippen LogP) is 0.973. The maximum absolute atomic E-state index is 11.9. The Bertz CT molecular complexity index is 604. The lowest BCUT2D eigenvalue weighted by atomic mass is 9.98. The second-order valence-electron chi connectivity index (χ2n) is 5.29. The standard InChI is InChI=1S/C15H17N3O3/c1-15(9-16,10-6-7-10)18-13(19)8-21-12-5-3-2-4-11(12)14(17)20/h2-5,10H,6-8H2,1H3,(H2,17,20)(H,18,19)/t15-/m0/s1. The van der Waals surface area contributed by atoms with E-state index in [-0.39, 0.29) is 23.8 Å². The Morgan fingerprint density at radius 1 is 1.48 bits per heavy atom. The van der Waals surface area contributed by atoms with Crippen molar-refractivity contribution in [2.24, 2.45) is 11.7 Å². The number of carbonyl (C=O) groups is 2. The monoisotopic (exact) mass is 287 g/mol. The van der Waals surface area contributed by atoms with Crippen molar-refractivity contribution >= 4 is 11.8 Å². The van der Waals surface area contributed by atoms with E-state index in [0.717, 1.165) is 12.8 Å². The second kappa shape index (κ2) is 5.83. The van der Waals surface area contributed by atoms with Gasteiger partial charge >= 0.3 is 0 Å². The molecule has 0 saturated heterocycles. The molecule has 1 aromatic rings. The molecule has 0 heterocycles. The Balaban J connectivity index is 1.96. The fourth-order valence-electron chi connectivity index (χ4n) is 2.15. The zero-order chi connectivity index (χ0) is 15.5. The quantitative estimate of drug-likeness (QED) is 0.813. The molecular formula is C15H17N3O3. The number of hydrogen-bond donors (Lipinski definition) is 2. The first-order valence-corrected chi connectivity index (χ1v) is 6.70. The van der Waals surface area contributed by atoms with Crippen LogP contribution in [0.2, 0.25) is 0 Å². The van der Waals surface area contributed by atoms with Gasteiger partial charge in [-0.15, -0.1) is 0 Å². The summed E-state index contributed by atoms with van der Waals surface area (Å²) in [5, 5.41) is 11.9. The van der Waals surface area contributed by atoms with Crippen LogP contribution in [0.25, 0.3) is 0 Å². The first kappa shape index (κ1) is 14.9. The fraction of sp³-hybridized carbons (Fsp3) is 0.400. The number of nitrogens with two attached hydrogens (primary N) is 1. The molecule has 1 saturated carbocycles. The summed E-state index contributed by atoms with van der Waals surface area (Å²) in [7, 11) is 0. The van der Waals surface area contributed by atoms with Gasteiger partial charge in [0, 0.05) is 0 Å². The zero-order valence-electron chi connectivity index (χ0n) is 11.8. The van der Waals surface area contributed by atoms with Crippen molar-refractivity contribution in [3.63, 3.8) is 0 Å². The van der Waals surface area contributed by atoms with Crippen molar-refractivity contribution in [2.75, 3.05) is 6.61 Å². The van der Waals surface area contributed by atoms with Crippen LogP contribution in [0.3, 0.4) is 0 Å². The van der Waals surface area contributed by atoms with E-state index in [1.54, 1.807) is 25.1 Å². The third-order valence-corrected chi connectivity index (χ3v) is 3.54. The summed E-state index contributed by atoms with van der Waals surface area (Å²) >= 11 is 0. The summed E-state index contributed by atoms with van der Waals surface area (Å²) < 4.78 is 5.33. The van der Waals surface area contributed by atoms with E-state index >= 15 is 0 Å². The second-order valence-corrected chi connectivity index (χ2v) is 5.29. The first-order chi connectivity index (χ1) is 9.96. The van der Waals surface area contributed by atoms with Gasteiger partial charge in [-0.2, -0.15) is 5.26 Å². The number of primary amides is 1. The van der Waals surface area contributed by atoms with Gasteiger partial charge in [0.1, 0.15) is 11.3 Å². The molecule has 6 heteroatoms. The number of ether oxygens (including phenoxy) is 1. The van der Waals surface area contributed by atoms with Crippen molar-refractivity contribution in [3.05, 3.63) is 29.8 Å². The van der Waals surface area contributed by atoms with Gasteiger partial charge in [-0.25, -0.2) is 0 Å². The summed E-state index contributed by atoms with van der Waals surface area (Å²) in [6, 6.07) is 8.58. The molecule has 2 rings (SSSR count). The predicted molar refractivity (Wildman–Crippen MR) is 75.3 cm³/mol. The van der Waals surface area contributed by atoms with Gasteiger partial charge < -0.3 is 15.8 Å². The van der Waals surface area contributed by atoms with E-state index in [1.807, 2.05) is 0 Å². The Morgan fingerprint density at radius 2 is 2.14 bits per heavy atom. The van der Waals surface area contributed by atoms with Crippen molar-refractivity contribution in [1.82, 2.24) is 5.32 Å². The minimum absolute atomic E-state index is 0.198. The Hall–Kier alpha value is -2.55. The highest BCUT2D eigenvalue weighted by molar-refractivity contribution is 5.95. The fourth-order valence-corrected chi connectivity index (χ4v) is 2.15. The number of rotatable bonds is 6. The van der Waals surface area contributed by atoms with Crippen LogP contribution in [-0.4, -0.2) is 24.0 Å². The third kappa shape index (κ3) is 3.51. The van der Waals surface area contributed by atoms with Gasteiger partial charge in [0.25, 0.3) is 11.8 Å². The molecule has 3 N–H and O–H groups in total. The van der Waals surface area contributed by atoms with Crippen LogP contribution in [0.15, 0.2) is 24.3 Å². The number of para-hydroxylation sites is 1. The molecule has 1 atom stereocenters. The van der Waals surface area contributed by atoms with Crippen molar-refractivity contribution in [2.45, 2.75) is 25.3 Å². The Morgan fingerprint density at radius 3 is 2.71 bits per heavy atom. The zero-order valence-corrected chi connectivity index (χ0v) is 11.8. The van der Waals surface area contributed by atoms with Crippen LogP contribution in [0.1, 0.15) is 30.1 Å². The number of carbonyl (C=O) groups excluding carboxylic acids is 2. The van der Waals surface area contributed by atoms with Gasteiger partial charge in [-0.1, -0.05) is 12.1 Å². The smallest absolute Gasteiger partial charge is 0.259 e. The highest BCUT2D eigenvalue weighted by Crippen LogP contribution is 2.39. The molecule has 0 aromatic heterocycles. The van der Waals surface area contributed by atoms with Crippen LogP contribution in [0, 0.1) is 17.2 Å². The Labute approximate surface area is 122 Å². The third-order valence-electron chi connectivity index (χ3n) is 3.54. The number of benzene rings is 1. The van der Waals surface area contributed by atoms with Crippen LogP contribution >= 0.6 is 0 Å². The van der Waals surface area contributed by atoms with Crippen LogP contribution in [-0.2, 0) is 4.79 Å². The van der Waals surface area contributed by atoms with E-state index in [1.165, 1.54) is 6.07 Å². The molecule has 2 amide bonds. The molecule has 0 bridgehead atoms. The molecular weight excluding hydrogens is 270 g/mol. The van der Waals surface area contributed by atoms with Crippen molar-refractivity contribution in [1.29, 1.82) is 5.26 Å². The highest BCUT2D eigenvalue weighted by Gasteiger charge is 2.43. The van der Waals surface area contributed by atoms with Gasteiger partial charge in [-0.05, 0) is 37.8 Å². The van der Waals surface area contributed by atoms with E-state index in [2.05, 4.69) is 11.4 Å². The van der Waals surface area contributed by atoms with E-state index in [4.69, 9.17) is 10.5 Å². The summed E-state index contributed by atoms with van der Waals surface area (Å²) in [5.41, 5.74) is 4.59. The van der Waals surface area contributed by atoms with Crippen molar-refractivity contribution in [3.8, 4) is 11.8 Å². The van der Waals surface area contributed by atoms with Crippen LogP contribution < -0.4 is 15.8 Å². The molecule has 1 aliphatic carbocycles. The lowest BCUT2D eigenvalue weighted by Crippen LogP contribution is -2.48. The summed E-state index contributed by atoms with van der Waals surface area (Å²) in [5.74, 6) is -0.564. The molecule has 6 nitrogen and oxygen atoms in total. The normalized spacial score (nSPS) is 16.4. The summed E-state index contributed by atoms with van der Waals surface area (Å²) in [6.07, 6.45) is 1.88. The number of nitriles is 1. The summed E-state index contributed by atoms with van der Waals surface area (Å²) in [4.78, 5) is 23.1. The largest absolute Gasteiger partial charge is 0.483 e. The molecule has 0 radical (unpaired) electrons. The van der Waals surface area contributed by atoms with Gasteiger partial charge in [0.15, 0.2) is 6.61 Å². The molecule has 21 heavy (non-hydrogen) atoms. The molecule has 110 valence electrons. The number of hydrogen-bond acceptors (Lipinski definition) is 4. The number of nitrogens with one attached hydrogen (secondary N) is 1. The van der Waals surface area contributed by atoms with Crippen LogP contribution in [0.4, 0.5) is 0 Å². The minimum Gasteiger partial charge on any atom is -0.483 e. The maximum atomic E-state index is 11.9. The van der Waals surface area contributed by atoms with Crippen molar-refractivity contribution < 1.29 is 14.3 Å². The first-order valence-electron chi connectivity index (χ1n) is 6.70. The van der Waals surface area contributed by atoms with Gasteiger partial charge in [-0.3, -0.25) is 9.59 Å². The average molecular weight is 287 g/mol. The molecule has 0 aliphatic heterocycles. The Kier molecular flexibility index (Phi) is 4.13. The van der Waals surface area contributed by atoms with Crippen LogP contribution in [0.5, 0.6) is 5.75 Å². The lowest BCUT2D eigenvalue weighted by Gasteiger charge is -2.22. The lowest BCUT2D eigenvalue weighted by molar-refractivity contribution is -0.124. The highest BCUT2D eigenvalue weighted by atomic mass is 16.5. The molecule has 1 fully saturated rings. The molecule has 1 aliphatic rings. The van der Waals surface area contributed by atoms with Gasteiger partial charge in [0.2, 0.25) is 0 Å². The molecule has 1 aromatic carbocycles.